The molecule has 0 fully saturated rings. The fraction of sp³-hybridized carbons (Fsp3) is 0.154. The summed E-state index contributed by atoms with van der Waals surface area (Å²) < 4.78 is 0. The second-order valence-electron chi connectivity index (χ2n) is 3.92. The van der Waals surface area contributed by atoms with E-state index in [0.29, 0.717) is 21.3 Å². The van der Waals surface area contributed by atoms with Crippen LogP contribution in [0.2, 0.25) is 0 Å². The molecule has 2 aromatic rings. The van der Waals surface area contributed by atoms with Crippen molar-refractivity contribution in [2.45, 2.75) is 13.8 Å². The van der Waals surface area contributed by atoms with Gasteiger partial charge in [0.25, 0.3) is 0 Å². The van der Waals surface area contributed by atoms with Gasteiger partial charge < -0.3 is 5.11 Å². The topological polar surface area (TPSA) is 74.6 Å². The van der Waals surface area contributed by atoms with Crippen LogP contribution < -0.4 is 5.43 Å². The minimum absolute atomic E-state index is 0.00673. The number of nitrogens with zero attached hydrogens (tertiary/aromatic N) is 2. The maximum Gasteiger partial charge on any atom is 0.204 e. The molecule has 6 heteroatoms. The molecule has 0 radical (unpaired) electrons. The van der Waals surface area contributed by atoms with Gasteiger partial charge in [-0.25, -0.2) is 4.98 Å². The second kappa shape index (κ2) is 5.62. The van der Waals surface area contributed by atoms with Crippen LogP contribution in [0.1, 0.15) is 27.9 Å². The lowest BCUT2D eigenvalue weighted by Crippen LogP contribution is -1.90. The van der Waals surface area contributed by atoms with Gasteiger partial charge in [-0.1, -0.05) is 23.5 Å². The first-order chi connectivity index (χ1) is 9.08. The molecule has 2 N–H and O–H groups in total. The summed E-state index contributed by atoms with van der Waals surface area (Å²) in [4.78, 5) is 16.1. The number of benzene rings is 1. The molecule has 0 atom stereocenters. The van der Waals surface area contributed by atoms with E-state index in [-0.39, 0.29) is 11.5 Å². The lowest BCUT2D eigenvalue weighted by atomic mass is 10.2. The van der Waals surface area contributed by atoms with Gasteiger partial charge in [-0.05, 0) is 19.1 Å². The predicted molar refractivity (Wildman–Crippen MR) is 76.2 cm³/mol. The van der Waals surface area contributed by atoms with Crippen LogP contribution in [-0.2, 0) is 0 Å². The highest BCUT2D eigenvalue weighted by Crippen LogP contribution is 2.22. The molecule has 0 aliphatic heterocycles. The molecule has 2 rings (SSSR count). The Morgan fingerprint density at radius 3 is 2.84 bits per heavy atom. The molecule has 0 bridgehead atoms. The summed E-state index contributed by atoms with van der Waals surface area (Å²) in [6.45, 7) is 3.29. The molecular formula is C13H13N3O2S. The van der Waals surface area contributed by atoms with Gasteiger partial charge in [-0.2, -0.15) is 5.10 Å². The number of para-hydroxylation sites is 1. The largest absolute Gasteiger partial charge is 0.507 e. The molecule has 1 aromatic carbocycles. The van der Waals surface area contributed by atoms with Crippen molar-refractivity contribution in [3.8, 4) is 5.75 Å². The van der Waals surface area contributed by atoms with E-state index >= 15 is 0 Å². The Morgan fingerprint density at radius 2 is 2.21 bits per heavy atom. The number of phenols is 1. The van der Waals surface area contributed by atoms with Crippen LogP contribution >= 0.6 is 11.3 Å². The molecular weight excluding hydrogens is 262 g/mol. The maximum atomic E-state index is 11.3. The zero-order chi connectivity index (χ0) is 13.8. The molecule has 1 heterocycles. The molecule has 0 unspecified atom stereocenters. The highest BCUT2D eigenvalue weighted by atomic mass is 32.1. The van der Waals surface area contributed by atoms with Crippen molar-refractivity contribution < 1.29 is 9.90 Å². The zero-order valence-corrected chi connectivity index (χ0v) is 11.4. The summed E-state index contributed by atoms with van der Waals surface area (Å²) in [5.74, 6) is 0.153. The summed E-state index contributed by atoms with van der Waals surface area (Å²) in [6.07, 6.45) is 1.50. The first-order valence-corrected chi connectivity index (χ1v) is 6.45. The number of nitrogens with one attached hydrogen (secondary N) is 1. The number of aromatic nitrogens is 1. The lowest BCUT2D eigenvalue weighted by molar-refractivity contribution is 0.102. The Hall–Kier alpha value is -2.21. The quantitative estimate of drug-likeness (QED) is 0.511. The standard InChI is InChI=1S/C13H13N3O2S/c1-8-12(9(2)17)19-13(15-8)16-14-7-10-5-3-4-6-11(10)18/h3-7,18H,1-2H3,(H,15,16)/b14-7-. The highest BCUT2D eigenvalue weighted by Gasteiger charge is 2.10. The number of thiazole rings is 1. The van der Waals surface area contributed by atoms with Crippen molar-refractivity contribution in [2.75, 3.05) is 5.43 Å². The normalized spacial score (nSPS) is 10.8. The van der Waals surface area contributed by atoms with E-state index < -0.39 is 0 Å². The number of Topliss-reactive ketones (excluding diaryl/α,β-unsaturated/α-hetero) is 1. The third-order valence-electron chi connectivity index (χ3n) is 2.42. The van der Waals surface area contributed by atoms with E-state index in [2.05, 4.69) is 15.5 Å². The SMILES string of the molecule is CC(=O)c1sc(N/N=C\c2ccccc2O)nc1C. The fourth-order valence-electron chi connectivity index (χ4n) is 1.52. The average Bonchev–Trinajstić information content (AvgIpc) is 2.73. The molecule has 0 amide bonds. The molecule has 0 aliphatic carbocycles. The molecule has 0 aliphatic rings. The van der Waals surface area contributed by atoms with Crippen LogP contribution in [0.15, 0.2) is 29.4 Å². The van der Waals surface area contributed by atoms with Gasteiger partial charge >= 0.3 is 0 Å². The summed E-state index contributed by atoms with van der Waals surface area (Å²) in [7, 11) is 0. The number of hydrogen-bond donors (Lipinski definition) is 2. The Morgan fingerprint density at radius 1 is 1.47 bits per heavy atom. The van der Waals surface area contributed by atoms with E-state index in [9.17, 15) is 9.90 Å². The van der Waals surface area contributed by atoms with Crippen molar-refractivity contribution in [2.24, 2.45) is 5.10 Å². The van der Waals surface area contributed by atoms with Crippen molar-refractivity contribution in [3.63, 3.8) is 0 Å². The monoisotopic (exact) mass is 275 g/mol. The van der Waals surface area contributed by atoms with Crippen LogP contribution in [0, 0.1) is 6.92 Å². The van der Waals surface area contributed by atoms with Crippen molar-refractivity contribution in [3.05, 3.63) is 40.4 Å². The molecule has 0 saturated heterocycles. The number of ketones is 1. The summed E-state index contributed by atoms with van der Waals surface area (Å²) in [6, 6.07) is 6.88. The summed E-state index contributed by atoms with van der Waals surface area (Å²) in [5.41, 5.74) is 4.05. The fourth-order valence-corrected chi connectivity index (χ4v) is 2.34. The molecule has 98 valence electrons. The van der Waals surface area contributed by atoms with Crippen LogP contribution in [-0.4, -0.2) is 22.1 Å². The van der Waals surface area contributed by atoms with Gasteiger partial charge in [0, 0.05) is 12.5 Å². The zero-order valence-electron chi connectivity index (χ0n) is 10.5. The third kappa shape index (κ3) is 3.17. The summed E-state index contributed by atoms with van der Waals surface area (Å²) >= 11 is 1.26. The number of hydrogen-bond acceptors (Lipinski definition) is 6. The Kier molecular flexibility index (Phi) is 3.91. The van der Waals surface area contributed by atoms with E-state index in [4.69, 9.17) is 0 Å². The van der Waals surface area contributed by atoms with Crippen LogP contribution in [0.5, 0.6) is 5.75 Å². The van der Waals surface area contributed by atoms with Crippen LogP contribution in [0.3, 0.4) is 0 Å². The number of carbonyl (C=O) groups is 1. The van der Waals surface area contributed by atoms with Crippen molar-refractivity contribution in [1.29, 1.82) is 0 Å². The van der Waals surface area contributed by atoms with Gasteiger partial charge in [0.2, 0.25) is 5.13 Å². The van der Waals surface area contributed by atoms with Crippen LogP contribution in [0.25, 0.3) is 0 Å². The smallest absolute Gasteiger partial charge is 0.204 e. The predicted octanol–water partition coefficient (Wildman–Crippen LogP) is 2.81. The van der Waals surface area contributed by atoms with E-state index in [1.165, 1.54) is 24.5 Å². The van der Waals surface area contributed by atoms with Gasteiger partial charge in [-0.15, -0.1) is 0 Å². The lowest BCUT2D eigenvalue weighted by Gasteiger charge is -1.96. The van der Waals surface area contributed by atoms with Gasteiger partial charge in [0.15, 0.2) is 5.78 Å². The van der Waals surface area contributed by atoms with Crippen molar-refractivity contribution >= 4 is 28.5 Å². The highest BCUT2D eigenvalue weighted by molar-refractivity contribution is 7.17. The maximum absolute atomic E-state index is 11.3. The number of rotatable bonds is 4. The third-order valence-corrected chi connectivity index (χ3v) is 3.58. The molecule has 5 nitrogen and oxygen atoms in total. The molecule has 0 spiro atoms. The Labute approximate surface area is 114 Å². The number of phenolic OH excluding ortho intramolecular Hbond substituents is 1. The number of aryl methyl sites for hydroxylation is 1. The molecule has 0 saturated carbocycles. The summed E-state index contributed by atoms with van der Waals surface area (Å²) in [5, 5.41) is 14.1. The van der Waals surface area contributed by atoms with Gasteiger partial charge in [0.1, 0.15) is 5.75 Å². The Bertz CT molecular complexity index is 635. The first kappa shape index (κ1) is 13.2. The van der Waals surface area contributed by atoms with Gasteiger partial charge in [0.05, 0.1) is 16.8 Å². The number of hydrazone groups is 1. The van der Waals surface area contributed by atoms with E-state index in [1.807, 2.05) is 6.07 Å². The van der Waals surface area contributed by atoms with E-state index in [1.54, 1.807) is 25.1 Å². The average molecular weight is 275 g/mol. The number of anilines is 1. The number of aromatic hydroxyl groups is 1. The molecule has 19 heavy (non-hydrogen) atoms. The minimum atomic E-state index is -0.00673. The van der Waals surface area contributed by atoms with E-state index in [0.717, 1.165) is 0 Å². The molecule has 1 aromatic heterocycles. The first-order valence-electron chi connectivity index (χ1n) is 5.63. The number of carbonyl (C=O) groups excluding carboxylic acids is 1. The van der Waals surface area contributed by atoms with Crippen LogP contribution in [0.4, 0.5) is 5.13 Å². The van der Waals surface area contributed by atoms with Crippen molar-refractivity contribution in [1.82, 2.24) is 4.98 Å². The van der Waals surface area contributed by atoms with Gasteiger partial charge in [-0.3, -0.25) is 10.2 Å². The minimum Gasteiger partial charge on any atom is -0.507 e. The Balaban J connectivity index is 2.09. The second-order valence-corrected chi connectivity index (χ2v) is 4.92.